The van der Waals surface area contributed by atoms with Gasteiger partial charge in [-0.3, -0.25) is 9.59 Å². The van der Waals surface area contributed by atoms with Gasteiger partial charge in [-0.25, -0.2) is 0 Å². The van der Waals surface area contributed by atoms with E-state index in [1.54, 1.807) is 0 Å². The molecule has 0 unspecified atom stereocenters. The number of Topliss-reactive ketones (excluding diaryl/α,β-unsaturated/α-hetero) is 2. The van der Waals surface area contributed by atoms with Crippen molar-refractivity contribution in [2.75, 3.05) is 0 Å². The van der Waals surface area contributed by atoms with E-state index in [2.05, 4.69) is 0 Å². The first-order chi connectivity index (χ1) is 12.2. The molecule has 12 heteroatoms. The van der Waals surface area contributed by atoms with Crippen LogP contribution in [0.5, 0.6) is 0 Å². The van der Waals surface area contributed by atoms with E-state index in [0.29, 0.717) is 0 Å². The molecule has 8 nitrogen and oxygen atoms in total. The van der Waals surface area contributed by atoms with E-state index in [-0.39, 0.29) is 97.1 Å². The van der Waals surface area contributed by atoms with Crippen LogP contribution in [-0.4, -0.2) is 53.3 Å². The summed E-state index contributed by atoms with van der Waals surface area (Å²) in [5, 5.41) is 43.9. The van der Waals surface area contributed by atoms with E-state index >= 15 is 0 Å². The molecule has 2 N–H and O–H groups in total. The summed E-state index contributed by atoms with van der Waals surface area (Å²) in [6.07, 6.45) is 0. The van der Waals surface area contributed by atoms with Gasteiger partial charge in [-0.2, -0.15) is 0 Å². The van der Waals surface area contributed by atoms with Crippen LogP contribution >= 0.6 is 0 Å². The Bertz CT molecular complexity index is 808. The van der Waals surface area contributed by atoms with Crippen LogP contribution in [0, 0.1) is 0 Å². The summed E-state index contributed by atoms with van der Waals surface area (Å²) in [6, 6.07) is 12.4. The van der Waals surface area contributed by atoms with Crippen LogP contribution in [0.15, 0.2) is 60.7 Å². The molecule has 0 aromatic heterocycles. The Morgan fingerprint density at radius 1 is 0.600 bits per heavy atom. The Morgan fingerprint density at radius 2 is 0.833 bits per heavy atom. The number of rotatable bonds is 7. The molecule has 30 heavy (non-hydrogen) atoms. The van der Waals surface area contributed by atoms with E-state index in [1.807, 2.05) is 0 Å². The first-order valence-corrected chi connectivity index (χ1v) is 7.24. The maximum atomic E-state index is 12.5. The summed E-state index contributed by atoms with van der Waals surface area (Å²) in [7, 11) is 0. The van der Waals surface area contributed by atoms with Gasteiger partial charge in [0, 0.05) is 11.1 Å². The molecule has 0 saturated carbocycles. The van der Waals surface area contributed by atoms with Gasteiger partial charge >= 0.3 is 88.7 Å². The second-order valence-electron chi connectivity index (χ2n) is 5.39. The van der Waals surface area contributed by atoms with E-state index in [9.17, 15) is 39.6 Å². The summed E-state index contributed by atoms with van der Waals surface area (Å²) in [4.78, 5) is 48.1. The molecule has 0 spiro atoms. The van der Waals surface area contributed by atoms with Crippen molar-refractivity contribution in [2.45, 2.75) is 11.2 Å². The molecule has 142 valence electrons. The number of carbonyl (C=O) groups excluding carboxylic acids is 4. The van der Waals surface area contributed by atoms with Crippen LogP contribution in [0.2, 0.25) is 0 Å². The molecule has 0 aliphatic heterocycles. The van der Waals surface area contributed by atoms with Gasteiger partial charge in [-0.05, 0) is 0 Å². The number of benzene rings is 2. The van der Waals surface area contributed by atoms with Crippen LogP contribution in [0.3, 0.4) is 0 Å². The average Bonchev–Trinajstić information content (AvgIpc) is 2.66. The molecule has 0 aliphatic carbocycles. The Balaban J connectivity index is -0.00000182. The maximum absolute atomic E-state index is 12.5. The predicted molar refractivity (Wildman–Crippen MR) is 92.8 cm³/mol. The number of aliphatic hydroxyl groups is 2. The largest absolute Gasteiger partial charge is 1.00 e. The zero-order chi connectivity index (χ0) is 19.5. The first kappa shape index (κ1) is 34.3. The Hall–Kier alpha value is -0.295. The van der Waals surface area contributed by atoms with Crippen molar-refractivity contribution < 1.29 is 128 Å². The normalized spacial score (nSPS) is 13.3. The third-order valence-electron chi connectivity index (χ3n) is 3.84. The third kappa shape index (κ3) is 6.14. The smallest absolute Gasteiger partial charge is 0.546 e. The molecule has 0 radical (unpaired) electrons. The van der Waals surface area contributed by atoms with Gasteiger partial charge in [-0.15, -0.1) is 0 Å². The Labute approximate surface area is 240 Å². The van der Waals surface area contributed by atoms with Crippen molar-refractivity contribution in [1.29, 1.82) is 0 Å². The summed E-state index contributed by atoms with van der Waals surface area (Å²) in [5.74, 6) is -8.81. The van der Waals surface area contributed by atoms with Gasteiger partial charge in [0.25, 0.3) is 0 Å². The number of hydrogen-bond acceptors (Lipinski definition) is 8. The molecule has 0 heterocycles. The van der Waals surface area contributed by atoms with Crippen molar-refractivity contribution in [3.05, 3.63) is 71.8 Å². The third-order valence-corrected chi connectivity index (χ3v) is 3.84. The molecule has 0 saturated heterocycles. The van der Waals surface area contributed by atoms with Crippen LogP contribution in [0.25, 0.3) is 0 Å². The number of carboxylic acids is 2. The quantitative estimate of drug-likeness (QED) is 0.245. The van der Waals surface area contributed by atoms with Crippen molar-refractivity contribution in [2.24, 2.45) is 0 Å². The van der Waals surface area contributed by atoms with Gasteiger partial charge in [-0.1, -0.05) is 69.1 Å². The summed E-state index contributed by atoms with van der Waals surface area (Å²) in [5.41, 5.74) is -9.17. The minimum atomic E-state index is -4.12. The first-order valence-electron chi connectivity index (χ1n) is 7.24. The second-order valence-corrected chi connectivity index (χ2v) is 5.39. The average molecular weight is 440 g/mol. The molecular weight excluding hydrogens is 424 g/mol. The van der Waals surface area contributed by atoms with Crippen LogP contribution in [-0.2, 0) is 9.59 Å². The van der Waals surface area contributed by atoms with Gasteiger partial charge in [0.15, 0.2) is 0 Å². The zero-order valence-electron chi connectivity index (χ0n) is 16.1. The molecule has 0 amide bonds. The van der Waals surface area contributed by atoms with Crippen molar-refractivity contribution in [3.8, 4) is 0 Å². The van der Waals surface area contributed by atoms with E-state index in [4.69, 9.17) is 0 Å². The number of ketones is 2. The molecule has 2 atom stereocenters. The summed E-state index contributed by atoms with van der Waals surface area (Å²) >= 11 is 0. The van der Waals surface area contributed by atoms with Crippen molar-refractivity contribution >= 4 is 31.9 Å². The summed E-state index contributed by atoms with van der Waals surface area (Å²) < 4.78 is 0. The topological polar surface area (TPSA) is 155 Å². The zero-order valence-corrected chi connectivity index (χ0v) is 22.1. The summed E-state index contributed by atoms with van der Waals surface area (Å²) in [6.45, 7) is 0. The van der Waals surface area contributed by atoms with E-state index in [1.165, 1.54) is 36.4 Å². The number of carbonyl (C=O) groups is 4. The fourth-order valence-corrected chi connectivity index (χ4v) is 2.41. The van der Waals surface area contributed by atoms with Crippen LogP contribution in [0.1, 0.15) is 20.7 Å². The minimum absolute atomic E-state index is 0. The van der Waals surface area contributed by atoms with E-state index in [0.717, 1.165) is 24.3 Å². The van der Waals surface area contributed by atoms with Crippen molar-refractivity contribution in [3.63, 3.8) is 0 Å². The number of carboxylic acid groups (broad SMARTS) is 2. The number of hydrogen-bond donors (Lipinski definition) is 2. The molecule has 2 aromatic rings. The van der Waals surface area contributed by atoms with Crippen LogP contribution < -0.4 is 98.9 Å². The molecule has 2 aromatic carbocycles. The predicted octanol–water partition coefficient (Wildman–Crippen LogP) is -12.7. The molecular formula is C18H16BNa3O8. The standard InChI is InChI=1S/C18H14O8.BH4.3Na/c19-13(11-7-3-1-4-8-11)17(25,15(21)22)18(26,16(23)24)14(20)12-9-5-2-6-10-12;;;;/h1-10,25-26H,(H,21,22)(H,23,24);1H4;;;/q;-1;3*+1/p-2/t17-,18-;;;;/m1..../s1. The van der Waals surface area contributed by atoms with Gasteiger partial charge in [0.1, 0.15) is 0 Å². The maximum Gasteiger partial charge on any atom is 1.00 e. The fourth-order valence-electron chi connectivity index (χ4n) is 2.41. The number of aliphatic carboxylic acids is 2. The molecule has 0 fully saturated rings. The van der Waals surface area contributed by atoms with E-state index < -0.39 is 45.8 Å². The monoisotopic (exact) mass is 440 g/mol. The SMILES string of the molecule is O=C([O-])[C@](O)(C(=O)c1ccccc1)[C@](O)(C(=O)[O-])C(=O)c1ccccc1.[BH4-].[Na+].[Na+].[Na+]. The van der Waals surface area contributed by atoms with Crippen LogP contribution in [0.4, 0.5) is 0 Å². The van der Waals surface area contributed by atoms with Gasteiger partial charge < -0.3 is 30.0 Å². The Kier molecular flexibility index (Phi) is 16.0. The second kappa shape index (κ2) is 14.0. The molecule has 0 bridgehead atoms. The van der Waals surface area contributed by atoms with Gasteiger partial charge in [0.2, 0.25) is 22.8 Å². The molecule has 2 rings (SSSR count). The Morgan fingerprint density at radius 3 is 1.03 bits per heavy atom. The van der Waals surface area contributed by atoms with Gasteiger partial charge in [0.05, 0.1) is 11.9 Å². The minimum Gasteiger partial charge on any atom is -0.546 e. The molecule has 0 aliphatic rings. The van der Waals surface area contributed by atoms with Crippen molar-refractivity contribution in [1.82, 2.24) is 0 Å². The fraction of sp³-hybridized carbons (Fsp3) is 0.111.